The number of carbonyl (C=O) groups is 1. The molecule has 1 heterocycles. The highest BCUT2D eigenvalue weighted by atomic mass is 16.7. The third-order valence-corrected chi connectivity index (χ3v) is 4.99. The van der Waals surface area contributed by atoms with E-state index in [0.717, 1.165) is 19.5 Å². The zero-order valence-electron chi connectivity index (χ0n) is 15.8. The van der Waals surface area contributed by atoms with Gasteiger partial charge < -0.3 is 5.32 Å². The number of hydroxylamine groups is 2. The van der Waals surface area contributed by atoms with Crippen molar-refractivity contribution in [3.8, 4) is 6.07 Å². The van der Waals surface area contributed by atoms with Gasteiger partial charge in [-0.3, -0.25) is 9.63 Å². The van der Waals surface area contributed by atoms with E-state index < -0.39 is 5.54 Å². The van der Waals surface area contributed by atoms with E-state index in [-0.39, 0.29) is 5.91 Å². The number of nitriles is 1. The smallest absolute Gasteiger partial charge is 0.251 e. The summed E-state index contributed by atoms with van der Waals surface area (Å²) in [5, 5.41) is 14.0. The molecule has 1 aliphatic rings. The summed E-state index contributed by atoms with van der Waals surface area (Å²) < 4.78 is 0. The molecule has 2 aromatic rings. The van der Waals surface area contributed by atoms with Gasteiger partial charge in [-0.2, -0.15) is 10.3 Å². The first-order valence-electron chi connectivity index (χ1n) is 9.24. The van der Waals surface area contributed by atoms with Crippen molar-refractivity contribution in [3.63, 3.8) is 0 Å². The van der Waals surface area contributed by atoms with Crippen LogP contribution in [0.2, 0.25) is 0 Å². The van der Waals surface area contributed by atoms with Crippen molar-refractivity contribution < 1.29 is 9.63 Å². The molecule has 1 fully saturated rings. The van der Waals surface area contributed by atoms with E-state index in [4.69, 9.17) is 10.1 Å². The van der Waals surface area contributed by atoms with Crippen LogP contribution in [0, 0.1) is 11.3 Å². The SMILES string of the molecule is CC(CN1CCC(C)(NC(=O)c2cccc(C#N)c2)CO1)c1ccccc1. The predicted molar refractivity (Wildman–Crippen MR) is 104 cm³/mol. The average Bonchev–Trinajstić information content (AvgIpc) is 2.70. The maximum Gasteiger partial charge on any atom is 0.251 e. The van der Waals surface area contributed by atoms with E-state index in [1.165, 1.54) is 5.56 Å². The van der Waals surface area contributed by atoms with E-state index in [2.05, 4.69) is 42.6 Å². The Labute approximate surface area is 160 Å². The first-order chi connectivity index (χ1) is 13.0. The number of nitrogens with zero attached hydrogens (tertiary/aromatic N) is 2. The Bertz CT molecular complexity index is 821. The zero-order valence-corrected chi connectivity index (χ0v) is 15.8. The van der Waals surface area contributed by atoms with Gasteiger partial charge in [-0.05, 0) is 43.0 Å². The molecule has 140 valence electrons. The fraction of sp³-hybridized carbons (Fsp3) is 0.364. The lowest BCUT2D eigenvalue weighted by Crippen LogP contribution is -2.56. The van der Waals surface area contributed by atoms with Gasteiger partial charge in [0.2, 0.25) is 0 Å². The second-order valence-corrected chi connectivity index (χ2v) is 7.43. The first kappa shape index (κ1) is 19.1. The van der Waals surface area contributed by atoms with Gasteiger partial charge in [0.05, 0.1) is 23.8 Å². The molecule has 3 rings (SSSR count). The van der Waals surface area contributed by atoms with Crippen molar-refractivity contribution in [2.75, 3.05) is 19.7 Å². The normalized spacial score (nSPS) is 21.2. The molecule has 0 aliphatic carbocycles. The highest BCUT2D eigenvalue weighted by molar-refractivity contribution is 5.95. The molecule has 0 spiro atoms. The molecule has 1 aliphatic heterocycles. The summed E-state index contributed by atoms with van der Waals surface area (Å²) in [5.74, 6) is 0.197. The minimum Gasteiger partial charge on any atom is -0.344 e. The van der Waals surface area contributed by atoms with E-state index in [9.17, 15) is 4.79 Å². The summed E-state index contributed by atoms with van der Waals surface area (Å²) in [6.07, 6.45) is 0.804. The summed E-state index contributed by atoms with van der Waals surface area (Å²) >= 11 is 0. The summed E-state index contributed by atoms with van der Waals surface area (Å²) in [7, 11) is 0. The molecule has 27 heavy (non-hydrogen) atoms. The Balaban J connectivity index is 1.54. The Morgan fingerprint density at radius 3 is 2.74 bits per heavy atom. The minimum absolute atomic E-state index is 0.177. The van der Waals surface area contributed by atoms with Crippen LogP contribution >= 0.6 is 0 Å². The number of rotatable bonds is 5. The van der Waals surface area contributed by atoms with Crippen molar-refractivity contribution in [1.29, 1.82) is 5.26 Å². The van der Waals surface area contributed by atoms with Crippen LogP contribution in [0.4, 0.5) is 0 Å². The van der Waals surface area contributed by atoms with Gasteiger partial charge in [-0.1, -0.05) is 43.3 Å². The monoisotopic (exact) mass is 363 g/mol. The fourth-order valence-corrected chi connectivity index (χ4v) is 3.25. The van der Waals surface area contributed by atoms with Crippen LogP contribution in [0.3, 0.4) is 0 Å². The lowest BCUT2D eigenvalue weighted by atomic mass is 9.96. The van der Waals surface area contributed by atoms with Crippen LogP contribution in [0.15, 0.2) is 54.6 Å². The van der Waals surface area contributed by atoms with Crippen LogP contribution in [0.25, 0.3) is 0 Å². The molecular formula is C22H25N3O2. The first-order valence-corrected chi connectivity index (χ1v) is 9.24. The van der Waals surface area contributed by atoms with Crippen molar-refractivity contribution in [2.45, 2.75) is 31.7 Å². The maximum absolute atomic E-state index is 12.5. The quantitative estimate of drug-likeness (QED) is 0.883. The molecule has 0 saturated carbocycles. The number of hydrogen-bond donors (Lipinski definition) is 1. The zero-order chi connectivity index (χ0) is 19.3. The van der Waals surface area contributed by atoms with Crippen LogP contribution in [0.1, 0.15) is 47.7 Å². The molecule has 1 amide bonds. The third kappa shape index (κ3) is 4.94. The molecule has 2 unspecified atom stereocenters. The van der Waals surface area contributed by atoms with Crippen molar-refractivity contribution >= 4 is 5.91 Å². The van der Waals surface area contributed by atoms with Gasteiger partial charge in [0, 0.05) is 18.7 Å². The van der Waals surface area contributed by atoms with Gasteiger partial charge in [0.1, 0.15) is 0 Å². The van der Waals surface area contributed by atoms with Crippen LogP contribution < -0.4 is 5.32 Å². The number of carbonyl (C=O) groups excluding carboxylic acids is 1. The number of hydrogen-bond acceptors (Lipinski definition) is 4. The minimum atomic E-state index is -0.424. The molecule has 1 N–H and O–H groups in total. The molecule has 0 radical (unpaired) electrons. The van der Waals surface area contributed by atoms with Gasteiger partial charge in [-0.15, -0.1) is 0 Å². The Kier molecular flexibility index (Phi) is 5.90. The Morgan fingerprint density at radius 2 is 2.07 bits per heavy atom. The largest absolute Gasteiger partial charge is 0.344 e. The van der Waals surface area contributed by atoms with E-state index in [1.807, 2.05) is 18.1 Å². The third-order valence-electron chi connectivity index (χ3n) is 4.99. The maximum atomic E-state index is 12.5. The van der Waals surface area contributed by atoms with E-state index >= 15 is 0 Å². The Morgan fingerprint density at radius 1 is 1.30 bits per heavy atom. The van der Waals surface area contributed by atoms with Crippen molar-refractivity contribution in [1.82, 2.24) is 10.4 Å². The van der Waals surface area contributed by atoms with Gasteiger partial charge in [0.25, 0.3) is 5.91 Å². The lowest BCUT2D eigenvalue weighted by Gasteiger charge is -2.40. The summed E-state index contributed by atoms with van der Waals surface area (Å²) in [6, 6.07) is 19.2. The molecule has 2 atom stereocenters. The standard InChI is InChI=1S/C22H25N3O2/c1-17(19-8-4-3-5-9-19)15-25-12-11-22(2,16-27-25)24-21(26)20-10-6-7-18(13-20)14-23/h3-10,13,17H,11-12,15-16H2,1-2H3,(H,24,26). The molecule has 0 bridgehead atoms. The number of benzene rings is 2. The number of amides is 1. The lowest BCUT2D eigenvalue weighted by molar-refractivity contribution is -0.204. The molecule has 5 nitrogen and oxygen atoms in total. The highest BCUT2D eigenvalue weighted by Gasteiger charge is 2.33. The van der Waals surface area contributed by atoms with Crippen molar-refractivity contribution in [3.05, 3.63) is 71.3 Å². The molecular weight excluding hydrogens is 338 g/mol. The van der Waals surface area contributed by atoms with Crippen LogP contribution in [-0.4, -0.2) is 36.2 Å². The highest BCUT2D eigenvalue weighted by Crippen LogP contribution is 2.23. The predicted octanol–water partition coefficient (Wildman–Crippen LogP) is 3.49. The van der Waals surface area contributed by atoms with Crippen molar-refractivity contribution in [2.24, 2.45) is 0 Å². The van der Waals surface area contributed by atoms with Crippen LogP contribution in [-0.2, 0) is 4.84 Å². The fourth-order valence-electron chi connectivity index (χ4n) is 3.25. The second kappa shape index (κ2) is 8.34. The summed E-state index contributed by atoms with van der Waals surface area (Å²) in [6.45, 7) is 6.19. The summed E-state index contributed by atoms with van der Waals surface area (Å²) in [4.78, 5) is 18.5. The molecule has 0 aromatic heterocycles. The van der Waals surface area contributed by atoms with E-state index in [0.29, 0.717) is 23.7 Å². The average molecular weight is 363 g/mol. The second-order valence-electron chi connectivity index (χ2n) is 7.43. The van der Waals surface area contributed by atoms with E-state index in [1.54, 1.807) is 24.3 Å². The van der Waals surface area contributed by atoms with Crippen LogP contribution in [0.5, 0.6) is 0 Å². The van der Waals surface area contributed by atoms with Gasteiger partial charge >= 0.3 is 0 Å². The Hall–Kier alpha value is -2.68. The molecule has 2 aromatic carbocycles. The molecule has 1 saturated heterocycles. The topological polar surface area (TPSA) is 65.4 Å². The molecule has 5 heteroatoms. The summed E-state index contributed by atoms with van der Waals surface area (Å²) in [5.41, 5.74) is 1.84. The van der Waals surface area contributed by atoms with Gasteiger partial charge in [-0.25, -0.2) is 0 Å². The number of nitrogens with one attached hydrogen (secondary N) is 1. The van der Waals surface area contributed by atoms with Gasteiger partial charge in [0.15, 0.2) is 0 Å².